The summed E-state index contributed by atoms with van der Waals surface area (Å²) in [5.41, 5.74) is 3.01. The lowest BCUT2D eigenvalue weighted by Crippen LogP contribution is -2.37. The number of hydrogen-bond donors (Lipinski definition) is 0. The molecule has 0 radical (unpaired) electrons. The first-order valence-corrected chi connectivity index (χ1v) is 7.65. The normalized spacial score (nSPS) is 20.3. The maximum absolute atomic E-state index is 4.57. The third kappa shape index (κ3) is 2.97. The van der Waals surface area contributed by atoms with Crippen LogP contribution in [0.2, 0.25) is 0 Å². The number of piperidine rings is 1. The second kappa shape index (κ2) is 5.33. The van der Waals surface area contributed by atoms with Gasteiger partial charge in [-0.15, -0.1) is 0 Å². The van der Waals surface area contributed by atoms with Crippen LogP contribution >= 0.6 is 15.9 Å². The maximum Gasteiger partial charge on any atom is 0.0767 e. The van der Waals surface area contributed by atoms with E-state index >= 15 is 0 Å². The SMILES string of the molecule is CCc1nn(C)c(CN2CCC(C)(C)CC2)c1Br. The highest BCUT2D eigenvalue weighted by Gasteiger charge is 2.26. The zero-order valence-corrected chi connectivity index (χ0v) is 13.5. The minimum absolute atomic E-state index is 0.523. The third-order valence-electron chi connectivity index (χ3n) is 4.09. The van der Waals surface area contributed by atoms with Gasteiger partial charge < -0.3 is 0 Å². The molecule has 1 aromatic heterocycles. The molecule has 0 amide bonds. The number of halogens is 1. The smallest absolute Gasteiger partial charge is 0.0767 e. The molecule has 3 nitrogen and oxygen atoms in total. The quantitative estimate of drug-likeness (QED) is 0.853. The van der Waals surface area contributed by atoms with Gasteiger partial charge in [-0.05, 0) is 53.7 Å². The molecule has 0 bridgehead atoms. The lowest BCUT2D eigenvalue weighted by molar-refractivity contribution is 0.124. The van der Waals surface area contributed by atoms with Crippen LogP contribution in [0, 0.1) is 5.41 Å². The van der Waals surface area contributed by atoms with Gasteiger partial charge in [0.2, 0.25) is 0 Å². The summed E-state index contributed by atoms with van der Waals surface area (Å²) in [5, 5.41) is 4.57. The topological polar surface area (TPSA) is 21.1 Å². The van der Waals surface area contributed by atoms with E-state index in [4.69, 9.17) is 0 Å². The molecule has 1 aliphatic rings. The summed E-state index contributed by atoms with van der Waals surface area (Å²) < 4.78 is 3.24. The molecule has 2 heterocycles. The van der Waals surface area contributed by atoms with E-state index < -0.39 is 0 Å². The van der Waals surface area contributed by atoms with E-state index in [-0.39, 0.29) is 0 Å². The van der Waals surface area contributed by atoms with Crippen LogP contribution in [0.5, 0.6) is 0 Å². The highest BCUT2D eigenvalue weighted by atomic mass is 79.9. The van der Waals surface area contributed by atoms with Crippen molar-refractivity contribution in [2.24, 2.45) is 12.5 Å². The maximum atomic E-state index is 4.57. The van der Waals surface area contributed by atoms with E-state index in [0.29, 0.717) is 5.41 Å². The first kappa shape index (κ1) is 14.1. The van der Waals surface area contributed by atoms with Crippen molar-refractivity contribution in [3.63, 3.8) is 0 Å². The summed E-state index contributed by atoms with van der Waals surface area (Å²) in [6.07, 6.45) is 3.58. The molecule has 2 rings (SSSR count). The van der Waals surface area contributed by atoms with Crippen molar-refractivity contribution >= 4 is 15.9 Å². The summed E-state index contributed by atoms with van der Waals surface area (Å²) in [6, 6.07) is 0. The lowest BCUT2D eigenvalue weighted by atomic mass is 9.83. The average Bonchev–Trinajstić information content (AvgIpc) is 2.59. The van der Waals surface area contributed by atoms with Gasteiger partial charge in [-0.25, -0.2) is 0 Å². The number of hydrogen-bond acceptors (Lipinski definition) is 2. The molecule has 18 heavy (non-hydrogen) atoms. The lowest BCUT2D eigenvalue weighted by Gasteiger charge is -2.36. The number of rotatable bonds is 3. The van der Waals surface area contributed by atoms with Gasteiger partial charge in [0.15, 0.2) is 0 Å². The highest BCUT2D eigenvalue weighted by molar-refractivity contribution is 9.10. The Morgan fingerprint density at radius 3 is 2.39 bits per heavy atom. The highest BCUT2D eigenvalue weighted by Crippen LogP contribution is 2.31. The van der Waals surface area contributed by atoms with Gasteiger partial charge in [0.1, 0.15) is 0 Å². The van der Waals surface area contributed by atoms with Gasteiger partial charge in [0, 0.05) is 13.6 Å². The van der Waals surface area contributed by atoms with Crippen LogP contribution < -0.4 is 0 Å². The molecule has 0 N–H and O–H groups in total. The van der Waals surface area contributed by atoms with Crippen LogP contribution in [0.4, 0.5) is 0 Å². The molecule has 1 saturated heterocycles. The van der Waals surface area contributed by atoms with Crippen molar-refractivity contribution in [2.45, 2.75) is 46.6 Å². The molecule has 1 aromatic rings. The Labute approximate surface area is 119 Å². The predicted octanol–water partition coefficient (Wildman–Crippen LogP) is 3.37. The van der Waals surface area contributed by atoms with E-state index in [9.17, 15) is 0 Å². The second-order valence-electron chi connectivity index (χ2n) is 6.12. The van der Waals surface area contributed by atoms with Gasteiger partial charge >= 0.3 is 0 Å². The molecule has 102 valence electrons. The molecular formula is C14H24BrN3. The fraction of sp³-hybridized carbons (Fsp3) is 0.786. The van der Waals surface area contributed by atoms with Crippen molar-refractivity contribution in [1.82, 2.24) is 14.7 Å². The van der Waals surface area contributed by atoms with Crippen LogP contribution in [0.3, 0.4) is 0 Å². The number of aromatic nitrogens is 2. The molecule has 0 unspecified atom stereocenters. The first-order valence-electron chi connectivity index (χ1n) is 6.85. The molecular weight excluding hydrogens is 290 g/mol. The van der Waals surface area contributed by atoms with E-state index in [1.54, 1.807) is 0 Å². The zero-order valence-electron chi connectivity index (χ0n) is 12.0. The summed E-state index contributed by atoms with van der Waals surface area (Å²) in [6.45, 7) is 10.3. The van der Waals surface area contributed by atoms with Gasteiger partial charge in [0.05, 0.1) is 15.9 Å². The van der Waals surface area contributed by atoms with E-state index in [1.807, 2.05) is 11.7 Å². The number of nitrogens with zero attached hydrogens (tertiary/aromatic N) is 3. The summed E-state index contributed by atoms with van der Waals surface area (Å²) >= 11 is 3.70. The van der Waals surface area contributed by atoms with Gasteiger partial charge in [-0.2, -0.15) is 5.10 Å². The fourth-order valence-corrected chi connectivity index (χ4v) is 3.26. The largest absolute Gasteiger partial charge is 0.297 e. The van der Waals surface area contributed by atoms with Crippen LogP contribution in [-0.2, 0) is 20.0 Å². The fourth-order valence-electron chi connectivity index (χ4n) is 2.52. The van der Waals surface area contributed by atoms with Gasteiger partial charge in [-0.3, -0.25) is 9.58 Å². The average molecular weight is 314 g/mol. The van der Waals surface area contributed by atoms with E-state index in [0.717, 1.165) is 13.0 Å². The van der Waals surface area contributed by atoms with Crippen LogP contribution in [-0.4, -0.2) is 27.8 Å². The number of likely N-dealkylation sites (tertiary alicyclic amines) is 1. The molecule has 0 aliphatic carbocycles. The standard InChI is InChI=1S/C14H24BrN3/c1-5-11-13(15)12(17(4)16-11)10-18-8-6-14(2,3)7-9-18/h5-10H2,1-4H3. The zero-order chi connectivity index (χ0) is 13.3. The van der Waals surface area contributed by atoms with Crippen molar-refractivity contribution in [1.29, 1.82) is 0 Å². The predicted molar refractivity (Wildman–Crippen MR) is 78.6 cm³/mol. The Morgan fingerprint density at radius 2 is 1.89 bits per heavy atom. The number of aryl methyl sites for hydroxylation is 2. The van der Waals surface area contributed by atoms with Crippen LogP contribution in [0.25, 0.3) is 0 Å². The van der Waals surface area contributed by atoms with Crippen LogP contribution in [0.15, 0.2) is 4.47 Å². The second-order valence-corrected chi connectivity index (χ2v) is 6.92. The molecule has 1 aliphatic heterocycles. The summed E-state index contributed by atoms with van der Waals surface area (Å²) in [7, 11) is 2.05. The van der Waals surface area contributed by atoms with Crippen molar-refractivity contribution in [3.05, 3.63) is 15.9 Å². The molecule has 4 heteroatoms. The molecule has 0 spiro atoms. The Morgan fingerprint density at radius 1 is 1.28 bits per heavy atom. The Kier molecular flexibility index (Phi) is 4.17. The van der Waals surface area contributed by atoms with E-state index in [2.05, 4.69) is 46.7 Å². The molecule has 0 aromatic carbocycles. The Bertz CT molecular complexity index is 413. The molecule has 1 fully saturated rings. The summed E-state index contributed by atoms with van der Waals surface area (Å²) in [5.74, 6) is 0. The Balaban J connectivity index is 2.04. The molecule has 0 atom stereocenters. The van der Waals surface area contributed by atoms with Crippen molar-refractivity contribution in [3.8, 4) is 0 Å². The first-order chi connectivity index (χ1) is 8.43. The minimum atomic E-state index is 0.523. The van der Waals surface area contributed by atoms with Gasteiger partial charge in [0.25, 0.3) is 0 Å². The van der Waals surface area contributed by atoms with Gasteiger partial charge in [-0.1, -0.05) is 20.8 Å². The summed E-state index contributed by atoms with van der Waals surface area (Å²) in [4.78, 5) is 2.55. The Hall–Kier alpha value is -0.350. The minimum Gasteiger partial charge on any atom is -0.297 e. The van der Waals surface area contributed by atoms with Crippen LogP contribution in [0.1, 0.15) is 45.0 Å². The third-order valence-corrected chi connectivity index (χ3v) is 5.00. The monoisotopic (exact) mass is 313 g/mol. The van der Waals surface area contributed by atoms with Crippen molar-refractivity contribution in [2.75, 3.05) is 13.1 Å². The molecule has 0 saturated carbocycles. The van der Waals surface area contributed by atoms with Crippen molar-refractivity contribution < 1.29 is 0 Å². The van der Waals surface area contributed by atoms with E-state index in [1.165, 1.54) is 41.8 Å².